The molecule has 1 saturated heterocycles. The van der Waals surface area contributed by atoms with Gasteiger partial charge in [0.25, 0.3) is 0 Å². The van der Waals surface area contributed by atoms with E-state index in [-0.39, 0.29) is 12.1 Å². The van der Waals surface area contributed by atoms with Gasteiger partial charge in [0.05, 0.1) is 37.7 Å². The molecule has 0 N–H and O–H groups in total. The second kappa shape index (κ2) is 7.46. The first kappa shape index (κ1) is 17.1. The summed E-state index contributed by atoms with van der Waals surface area (Å²) in [7, 11) is 6.19. The van der Waals surface area contributed by atoms with Crippen LogP contribution in [0.25, 0.3) is 0 Å². The Hall–Kier alpha value is -1.70. The molecule has 0 radical (unpaired) electrons. The van der Waals surface area contributed by atoms with Crippen molar-refractivity contribution in [2.45, 2.75) is 32.0 Å². The summed E-state index contributed by atoms with van der Waals surface area (Å²) >= 11 is 0. The predicted octanol–water partition coefficient (Wildman–Crippen LogP) is 1.47. The Labute approximate surface area is 143 Å². The van der Waals surface area contributed by atoms with E-state index < -0.39 is 0 Å². The minimum absolute atomic E-state index is 0.103. The third-order valence-electron chi connectivity index (χ3n) is 4.49. The molecule has 1 aliphatic heterocycles. The number of rotatable bonds is 6. The van der Waals surface area contributed by atoms with Crippen LogP contribution >= 0.6 is 0 Å². The maximum absolute atomic E-state index is 6.09. The van der Waals surface area contributed by atoms with Crippen molar-refractivity contribution in [3.05, 3.63) is 35.8 Å². The van der Waals surface area contributed by atoms with Crippen molar-refractivity contribution in [2.75, 3.05) is 33.8 Å². The molecule has 0 aliphatic carbocycles. The number of morpholine rings is 1. The molecular weight excluding hydrogens is 306 g/mol. The molecule has 7 heteroatoms. The van der Waals surface area contributed by atoms with E-state index in [0.717, 1.165) is 44.3 Å². The van der Waals surface area contributed by atoms with Crippen molar-refractivity contribution >= 4 is 0 Å². The van der Waals surface area contributed by atoms with Gasteiger partial charge in [-0.2, -0.15) is 5.10 Å². The Balaban J connectivity index is 1.66. The first-order chi connectivity index (χ1) is 11.6. The van der Waals surface area contributed by atoms with E-state index in [0.29, 0.717) is 0 Å². The molecule has 0 unspecified atom stereocenters. The topological polar surface area (TPSA) is 59.6 Å². The maximum atomic E-state index is 6.09. The molecule has 0 bridgehead atoms. The van der Waals surface area contributed by atoms with Crippen molar-refractivity contribution in [3.63, 3.8) is 0 Å². The van der Waals surface area contributed by atoms with Crippen LogP contribution in [0.15, 0.2) is 23.0 Å². The number of hydrogen-bond donors (Lipinski definition) is 0. The molecule has 0 spiro atoms. The summed E-state index contributed by atoms with van der Waals surface area (Å²) in [4.78, 5) is 8.85. The fourth-order valence-corrected chi connectivity index (χ4v) is 3.30. The smallest absolute Gasteiger partial charge is 0.194 e. The van der Waals surface area contributed by atoms with E-state index >= 15 is 0 Å². The van der Waals surface area contributed by atoms with Gasteiger partial charge in [-0.1, -0.05) is 6.92 Å². The second-order valence-electron chi connectivity index (χ2n) is 6.55. The molecule has 3 rings (SSSR count). The Bertz CT molecular complexity index is 653. The van der Waals surface area contributed by atoms with Crippen LogP contribution in [0.5, 0.6) is 0 Å². The number of nitrogens with zero attached hydrogens (tertiary/aromatic N) is 5. The zero-order valence-corrected chi connectivity index (χ0v) is 15.0. The molecular formula is C17H27N5O2. The third-order valence-corrected chi connectivity index (χ3v) is 4.49. The number of oxazole rings is 1. The van der Waals surface area contributed by atoms with Crippen molar-refractivity contribution < 1.29 is 9.15 Å². The van der Waals surface area contributed by atoms with Gasteiger partial charge in [-0.05, 0) is 14.1 Å². The highest BCUT2D eigenvalue weighted by Gasteiger charge is 2.33. The standard InChI is InChI=1S/C17H27N5O2/c1-5-16-18-9-14(24-16)11-20(2)12-15-17(21(3)6-7-23-15)13-8-19-22(4)10-13/h8-10,15,17H,5-7,11-12H2,1-4H3/t15-,17-/m1/s1. The van der Waals surface area contributed by atoms with E-state index in [9.17, 15) is 0 Å². The molecule has 0 amide bonds. The van der Waals surface area contributed by atoms with E-state index in [1.54, 1.807) is 0 Å². The number of aryl methyl sites for hydroxylation is 2. The lowest BCUT2D eigenvalue weighted by Crippen LogP contribution is -2.47. The predicted molar refractivity (Wildman–Crippen MR) is 90.5 cm³/mol. The molecule has 2 atom stereocenters. The largest absolute Gasteiger partial charge is 0.444 e. The van der Waals surface area contributed by atoms with Gasteiger partial charge >= 0.3 is 0 Å². The van der Waals surface area contributed by atoms with E-state index in [4.69, 9.17) is 9.15 Å². The average Bonchev–Trinajstić information content (AvgIpc) is 3.16. The monoisotopic (exact) mass is 333 g/mol. The maximum Gasteiger partial charge on any atom is 0.194 e. The molecule has 24 heavy (non-hydrogen) atoms. The summed E-state index contributed by atoms with van der Waals surface area (Å²) < 4.78 is 13.7. The van der Waals surface area contributed by atoms with Crippen LogP contribution in [-0.4, -0.2) is 64.5 Å². The number of aromatic nitrogens is 3. The van der Waals surface area contributed by atoms with Crippen LogP contribution in [0, 0.1) is 0 Å². The van der Waals surface area contributed by atoms with Crippen molar-refractivity contribution in [3.8, 4) is 0 Å². The number of likely N-dealkylation sites (N-methyl/N-ethyl adjacent to an activating group) is 2. The summed E-state index contributed by atoms with van der Waals surface area (Å²) in [5, 5.41) is 4.32. The zero-order chi connectivity index (χ0) is 17.1. The minimum Gasteiger partial charge on any atom is -0.444 e. The first-order valence-electron chi connectivity index (χ1n) is 8.49. The highest BCUT2D eigenvalue weighted by molar-refractivity contribution is 5.14. The summed E-state index contributed by atoms with van der Waals surface area (Å²) in [6.07, 6.45) is 6.76. The molecule has 2 aromatic rings. The highest BCUT2D eigenvalue weighted by Crippen LogP contribution is 2.28. The lowest BCUT2D eigenvalue weighted by Gasteiger charge is -2.40. The Kier molecular flexibility index (Phi) is 5.33. The fourth-order valence-electron chi connectivity index (χ4n) is 3.30. The molecule has 0 aromatic carbocycles. The lowest BCUT2D eigenvalue weighted by molar-refractivity contribution is -0.0747. The molecule has 132 valence electrons. The van der Waals surface area contributed by atoms with Gasteiger partial charge in [-0.25, -0.2) is 4.98 Å². The Morgan fingerprint density at radius 2 is 2.17 bits per heavy atom. The average molecular weight is 333 g/mol. The number of hydrogen-bond acceptors (Lipinski definition) is 6. The van der Waals surface area contributed by atoms with Gasteiger partial charge in [0, 0.05) is 38.3 Å². The van der Waals surface area contributed by atoms with E-state index in [1.165, 1.54) is 5.56 Å². The van der Waals surface area contributed by atoms with Gasteiger partial charge in [-0.15, -0.1) is 0 Å². The van der Waals surface area contributed by atoms with Crippen LogP contribution < -0.4 is 0 Å². The SMILES string of the molecule is CCc1ncc(CN(C)C[C@H]2OCCN(C)[C@@H]2c2cnn(C)c2)o1. The lowest BCUT2D eigenvalue weighted by atomic mass is 10.0. The van der Waals surface area contributed by atoms with Crippen LogP contribution in [0.2, 0.25) is 0 Å². The summed E-state index contributed by atoms with van der Waals surface area (Å²) in [6.45, 7) is 5.29. The van der Waals surface area contributed by atoms with Gasteiger partial charge in [0.1, 0.15) is 5.76 Å². The molecule has 1 fully saturated rings. The zero-order valence-electron chi connectivity index (χ0n) is 15.0. The molecule has 1 aliphatic rings. The van der Waals surface area contributed by atoms with E-state index in [2.05, 4.69) is 40.2 Å². The fraction of sp³-hybridized carbons (Fsp3) is 0.647. The van der Waals surface area contributed by atoms with Crippen LogP contribution in [0.3, 0.4) is 0 Å². The van der Waals surface area contributed by atoms with Crippen molar-refractivity contribution in [1.29, 1.82) is 0 Å². The Morgan fingerprint density at radius 3 is 2.83 bits per heavy atom. The highest BCUT2D eigenvalue weighted by atomic mass is 16.5. The molecule has 0 saturated carbocycles. The first-order valence-corrected chi connectivity index (χ1v) is 8.49. The van der Waals surface area contributed by atoms with Gasteiger partial charge in [0.15, 0.2) is 5.89 Å². The van der Waals surface area contributed by atoms with Crippen LogP contribution in [-0.2, 0) is 24.8 Å². The minimum atomic E-state index is 0.103. The van der Waals surface area contributed by atoms with Gasteiger partial charge in [0.2, 0.25) is 0 Å². The van der Waals surface area contributed by atoms with Crippen molar-refractivity contribution in [1.82, 2.24) is 24.6 Å². The number of ether oxygens (including phenoxy) is 1. The Morgan fingerprint density at radius 1 is 1.33 bits per heavy atom. The molecule has 2 aromatic heterocycles. The summed E-state index contributed by atoms with van der Waals surface area (Å²) in [5.41, 5.74) is 1.20. The van der Waals surface area contributed by atoms with Crippen molar-refractivity contribution in [2.24, 2.45) is 7.05 Å². The molecule has 7 nitrogen and oxygen atoms in total. The third kappa shape index (κ3) is 3.85. The van der Waals surface area contributed by atoms with E-state index in [1.807, 2.05) is 31.0 Å². The van der Waals surface area contributed by atoms with Crippen LogP contribution in [0.4, 0.5) is 0 Å². The molecule has 3 heterocycles. The summed E-state index contributed by atoms with van der Waals surface area (Å²) in [6, 6.07) is 0.218. The normalized spacial score (nSPS) is 22.4. The quantitative estimate of drug-likeness (QED) is 0.798. The second-order valence-corrected chi connectivity index (χ2v) is 6.55. The van der Waals surface area contributed by atoms with Gasteiger partial charge < -0.3 is 9.15 Å². The summed E-state index contributed by atoms with van der Waals surface area (Å²) in [5.74, 6) is 1.69. The van der Waals surface area contributed by atoms with Crippen LogP contribution in [0.1, 0.15) is 30.2 Å². The van der Waals surface area contributed by atoms with Gasteiger partial charge in [-0.3, -0.25) is 14.5 Å².